The maximum Gasteiger partial charge on any atom is 0.127 e. The number of aromatic nitrogens is 1. The van der Waals surface area contributed by atoms with E-state index in [2.05, 4.69) is 16.4 Å². The van der Waals surface area contributed by atoms with E-state index in [0.29, 0.717) is 17.9 Å². The van der Waals surface area contributed by atoms with Crippen molar-refractivity contribution < 1.29 is 5.11 Å². The van der Waals surface area contributed by atoms with Crippen molar-refractivity contribution in [3.63, 3.8) is 0 Å². The SMILES string of the molecule is CC(CO)CNc1cc(C#N)c2ccccc2n1. The number of para-hydroxylation sites is 1. The van der Waals surface area contributed by atoms with Crippen LogP contribution in [0.2, 0.25) is 0 Å². The quantitative estimate of drug-likeness (QED) is 0.860. The van der Waals surface area contributed by atoms with Crippen molar-refractivity contribution in [3.8, 4) is 6.07 Å². The van der Waals surface area contributed by atoms with E-state index < -0.39 is 0 Å². The Bertz CT molecular complexity index is 589. The first-order chi connectivity index (χ1) is 8.74. The molecule has 2 rings (SSSR count). The Labute approximate surface area is 106 Å². The molecule has 0 aliphatic rings. The molecule has 0 aliphatic heterocycles. The molecule has 1 aromatic heterocycles. The number of benzene rings is 1. The van der Waals surface area contributed by atoms with E-state index in [1.807, 2.05) is 31.2 Å². The van der Waals surface area contributed by atoms with Crippen molar-refractivity contribution in [2.75, 3.05) is 18.5 Å². The zero-order chi connectivity index (χ0) is 13.0. The Kier molecular flexibility index (Phi) is 3.75. The lowest BCUT2D eigenvalue weighted by atomic mass is 10.1. The summed E-state index contributed by atoms with van der Waals surface area (Å²) in [4.78, 5) is 4.45. The van der Waals surface area contributed by atoms with Gasteiger partial charge in [-0.1, -0.05) is 25.1 Å². The molecule has 0 fully saturated rings. The molecule has 0 saturated heterocycles. The third-order valence-corrected chi connectivity index (χ3v) is 2.78. The fourth-order valence-electron chi connectivity index (χ4n) is 1.70. The smallest absolute Gasteiger partial charge is 0.127 e. The van der Waals surface area contributed by atoms with E-state index in [1.165, 1.54) is 0 Å². The molecule has 4 heteroatoms. The van der Waals surface area contributed by atoms with E-state index in [4.69, 9.17) is 10.4 Å². The lowest BCUT2D eigenvalue weighted by molar-refractivity contribution is 0.244. The molecule has 18 heavy (non-hydrogen) atoms. The number of anilines is 1. The highest BCUT2D eigenvalue weighted by atomic mass is 16.3. The van der Waals surface area contributed by atoms with Crippen molar-refractivity contribution in [3.05, 3.63) is 35.9 Å². The highest BCUT2D eigenvalue weighted by molar-refractivity contribution is 5.86. The van der Waals surface area contributed by atoms with E-state index in [0.717, 1.165) is 10.9 Å². The van der Waals surface area contributed by atoms with Crippen LogP contribution in [0.15, 0.2) is 30.3 Å². The number of aliphatic hydroxyl groups excluding tert-OH is 1. The summed E-state index contributed by atoms with van der Waals surface area (Å²) in [6.45, 7) is 2.71. The lowest BCUT2D eigenvalue weighted by Gasteiger charge is -2.11. The molecule has 92 valence electrons. The van der Waals surface area contributed by atoms with Crippen LogP contribution in [0.1, 0.15) is 12.5 Å². The van der Waals surface area contributed by atoms with Gasteiger partial charge in [-0.15, -0.1) is 0 Å². The predicted octanol–water partition coefficient (Wildman–Crippen LogP) is 2.15. The summed E-state index contributed by atoms with van der Waals surface area (Å²) in [6, 6.07) is 11.5. The van der Waals surface area contributed by atoms with Crippen LogP contribution in [-0.4, -0.2) is 23.2 Å². The monoisotopic (exact) mass is 241 g/mol. The summed E-state index contributed by atoms with van der Waals surface area (Å²) in [5.41, 5.74) is 1.41. The third kappa shape index (κ3) is 2.58. The van der Waals surface area contributed by atoms with Gasteiger partial charge in [0.2, 0.25) is 0 Å². The van der Waals surface area contributed by atoms with Crippen LogP contribution in [0.5, 0.6) is 0 Å². The summed E-state index contributed by atoms with van der Waals surface area (Å²) < 4.78 is 0. The average Bonchev–Trinajstić information content (AvgIpc) is 2.43. The van der Waals surface area contributed by atoms with Crippen molar-refractivity contribution in [1.29, 1.82) is 5.26 Å². The number of rotatable bonds is 4. The highest BCUT2D eigenvalue weighted by Gasteiger charge is 2.06. The van der Waals surface area contributed by atoms with Crippen LogP contribution in [0.3, 0.4) is 0 Å². The molecule has 1 atom stereocenters. The minimum atomic E-state index is 0.131. The van der Waals surface area contributed by atoms with Crippen LogP contribution in [0, 0.1) is 17.2 Å². The molecular formula is C14H15N3O. The third-order valence-electron chi connectivity index (χ3n) is 2.78. The van der Waals surface area contributed by atoms with Crippen molar-refractivity contribution >= 4 is 16.7 Å². The standard InChI is InChI=1S/C14H15N3O/c1-10(9-18)8-16-14-6-11(7-15)12-4-2-3-5-13(12)17-14/h2-6,10,18H,8-9H2,1H3,(H,16,17). The summed E-state index contributed by atoms with van der Waals surface area (Å²) >= 11 is 0. The lowest BCUT2D eigenvalue weighted by Crippen LogP contribution is -2.15. The number of nitriles is 1. The number of nitrogens with zero attached hydrogens (tertiary/aromatic N) is 2. The van der Waals surface area contributed by atoms with Gasteiger partial charge >= 0.3 is 0 Å². The zero-order valence-electron chi connectivity index (χ0n) is 10.2. The topological polar surface area (TPSA) is 68.9 Å². The molecule has 0 saturated carbocycles. The molecule has 0 radical (unpaired) electrons. The fraction of sp³-hybridized carbons (Fsp3) is 0.286. The summed E-state index contributed by atoms with van der Waals surface area (Å²) in [7, 11) is 0. The van der Waals surface area contributed by atoms with E-state index in [-0.39, 0.29) is 12.5 Å². The van der Waals surface area contributed by atoms with Crippen LogP contribution in [-0.2, 0) is 0 Å². The number of fused-ring (bicyclic) bond motifs is 1. The largest absolute Gasteiger partial charge is 0.396 e. The molecular weight excluding hydrogens is 226 g/mol. The van der Waals surface area contributed by atoms with Crippen LogP contribution in [0.25, 0.3) is 10.9 Å². The highest BCUT2D eigenvalue weighted by Crippen LogP contribution is 2.20. The number of pyridine rings is 1. The molecule has 0 bridgehead atoms. The molecule has 0 amide bonds. The van der Waals surface area contributed by atoms with Crippen LogP contribution >= 0.6 is 0 Å². The molecule has 1 heterocycles. The summed E-state index contributed by atoms with van der Waals surface area (Å²) in [5, 5.41) is 22.1. The number of hydrogen-bond acceptors (Lipinski definition) is 4. The number of aliphatic hydroxyl groups is 1. The van der Waals surface area contributed by atoms with E-state index >= 15 is 0 Å². The van der Waals surface area contributed by atoms with Crippen LogP contribution < -0.4 is 5.32 Å². The first kappa shape index (κ1) is 12.3. The van der Waals surface area contributed by atoms with Gasteiger partial charge in [-0.3, -0.25) is 0 Å². The molecule has 4 nitrogen and oxygen atoms in total. The van der Waals surface area contributed by atoms with Gasteiger partial charge < -0.3 is 10.4 Å². The summed E-state index contributed by atoms with van der Waals surface area (Å²) in [5.74, 6) is 0.828. The van der Waals surface area contributed by atoms with Crippen molar-refractivity contribution in [2.24, 2.45) is 5.92 Å². The number of hydrogen-bond donors (Lipinski definition) is 2. The molecule has 2 N–H and O–H groups in total. The van der Waals surface area contributed by atoms with Gasteiger partial charge in [-0.2, -0.15) is 5.26 Å². The van der Waals surface area contributed by atoms with Gasteiger partial charge in [0.25, 0.3) is 0 Å². The molecule has 2 aromatic rings. The molecule has 1 aromatic carbocycles. The molecule has 1 unspecified atom stereocenters. The normalized spacial score (nSPS) is 12.1. The Hall–Kier alpha value is -2.12. The van der Waals surface area contributed by atoms with E-state index in [9.17, 15) is 0 Å². The van der Waals surface area contributed by atoms with Gasteiger partial charge in [-0.25, -0.2) is 4.98 Å². The van der Waals surface area contributed by atoms with E-state index in [1.54, 1.807) is 6.07 Å². The van der Waals surface area contributed by atoms with Gasteiger partial charge in [0.15, 0.2) is 0 Å². The fourth-order valence-corrected chi connectivity index (χ4v) is 1.70. The second kappa shape index (κ2) is 5.48. The number of nitrogens with one attached hydrogen (secondary N) is 1. The van der Waals surface area contributed by atoms with Gasteiger partial charge in [-0.05, 0) is 18.1 Å². The van der Waals surface area contributed by atoms with Crippen LogP contribution in [0.4, 0.5) is 5.82 Å². The summed E-state index contributed by atoms with van der Waals surface area (Å²) in [6.07, 6.45) is 0. The minimum absolute atomic E-state index is 0.131. The Morgan fingerprint density at radius 3 is 2.94 bits per heavy atom. The van der Waals surface area contributed by atoms with Gasteiger partial charge in [0.05, 0.1) is 17.1 Å². The maximum atomic E-state index is 9.14. The van der Waals surface area contributed by atoms with Crippen molar-refractivity contribution in [2.45, 2.75) is 6.92 Å². The molecule has 0 aliphatic carbocycles. The molecule has 0 spiro atoms. The second-order valence-electron chi connectivity index (χ2n) is 4.35. The zero-order valence-corrected chi connectivity index (χ0v) is 10.2. The minimum Gasteiger partial charge on any atom is -0.396 e. The Morgan fingerprint density at radius 2 is 2.22 bits per heavy atom. The Balaban J connectivity index is 2.33. The predicted molar refractivity (Wildman–Crippen MR) is 71.2 cm³/mol. The van der Waals surface area contributed by atoms with Gasteiger partial charge in [0.1, 0.15) is 5.82 Å². The van der Waals surface area contributed by atoms with Gasteiger partial charge in [0, 0.05) is 18.5 Å². The van der Waals surface area contributed by atoms with Crippen molar-refractivity contribution in [1.82, 2.24) is 4.98 Å². The maximum absolute atomic E-state index is 9.14. The first-order valence-electron chi connectivity index (χ1n) is 5.89. The second-order valence-corrected chi connectivity index (χ2v) is 4.35. The Morgan fingerprint density at radius 1 is 1.44 bits per heavy atom. The average molecular weight is 241 g/mol. The first-order valence-corrected chi connectivity index (χ1v) is 5.89.